The normalized spacial score (nSPS) is 12.9. The first kappa shape index (κ1) is 13.5. The van der Waals surface area contributed by atoms with E-state index >= 15 is 0 Å². The lowest BCUT2D eigenvalue weighted by Crippen LogP contribution is -2.30. The van der Waals surface area contributed by atoms with Crippen molar-refractivity contribution < 1.29 is 0 Å². The molecular formula is C12H21N7. The van der Waals surface area contributed by atoms with Crippen LogP contribution in [0.15, 0.2) is 6.20 Å². The minimum atomic E-state index is 0.289. The van der Waals surface area contributed by atoms with Gasteiger partial charge in [-0.1, -0.05) is 0 Å². The Morgan fingerprint density at radius 2 is 2.16 bits per heavy atom. The topological polar surface area (TPSA) is 81.8 Å². The van der Waals surface area contributed by atoms with Gasteiger partial charge in [-0.05, 0) is 27.9 Å². The van der Waals surface area contributed by atoms with Crippen molar-refractivity contribution in [3.8, 4) is 0 Å². The molecule has 0 fully saturated rings. The molecule has 0 radical (unpaired) electrons. The van der Waals surface area contributed by atoms with Crippen LogP contribution in [0.1, 0.15) is 13.8 Å². The Balaban J connectivity index is 2.26. The average molecular weight is 263 g/mol. The summed E-state index contributed by atoms with van der Waals surface area (Å²) >= 11 is 0. The van der Waals surface area contributed by atoms with Gasteiger partial charge in [-0.3, -0.25) is 5.10 Å². The quantitative estimate of drug-likeness (QED) is 0.725. The summed E-state index contributed by atoms with van der Waals surface area (Å²) in [5.41, 5.74) is 0.741. The van der Waals surface area contributed by atoms with Crippen molar-refractivity contribution in [2.75, 3.05) is 37.8 Å². The summed E-state index contributed by atoms with van der Waals surface area (Å²) in [6, 6.07) is 0.289. The predicted molar refractivity (Wildman–Crippen MR) is 77.5 cm³/mol. The van der Waals surface area contributed by atoms with Crippen LogP contribution in [0.4, 0.5) is 11.8 Å². The van der Waals surface area contributed by atoms with E-state index in [1.807, 2.05) is 6.92 Å². The van der Waals surface area contributed by atoms with Crippen LogP contribution < -0.4 is 10.6 Å². The number of anilines is 2. The minimum Gasteiger partial charge on any atom is -0.366 e. The molecular weight excluding hydrogens is 242 g/mol. The molecule has 0 bridgehead atoms. The number of hydrogen-bond acceptors (Lipinski definition) is 6. The first-order chi connectivity index (χ1) is 9.10. The molecule has 2 aromatic rings. The van der Waals surface area contributed by atoms with Crippen LogP contribution in [0.3, 0.4) is 0 Å². The number of aromatic nitrogens is 4. The molecule has 0 amide bonds. The summed E-state index contributed by atoms with van der Waals surface area (Å²) in [7, 11) is 4.10. The molecule has 0 saturated carbocycles. The van der Waals surface area contributed by atoms with Gasteiger partial charge in [-0.25, -0.2) is 0 Å². The van der Waals surface area contributed by atoms with Crippen LogP contribution >= 0.6 is 0 Å². The van der Waals surface area contributed by atoms with Gasteiger partial charge in [0, 0.05) is 19.1 Å². The third-order valence-electron chi connectivity index (χ3n) is 2.67. The minimum absolute atomic E-state index is 0.289. The maximum absolute atomic E-state index is 4.50. The molecule has 2 heterocycles. The molecule has 0 aliphatic heterocycles. The fourth-order valence-electron chi connectivity index (χ4n) is 2.01. The molecule has 0 aromatic carbocycles. The summed E-state index contributed by atoms with van der Waals surface area (Å²) < 4.78 is 0. The van der Waals surface area contributed by atoms with E-state index in [2.05, 4.69) is 56.7 Å². The lowest BCUT2D eigenvalue weighted by atomic mass is 10.3. The summed E-state index contributed by atoms with van der Waals surface area (Å²) in [6.07, 6.45) is 1.75. The Morgan fingerprint density at radius 3 is 2.84 bits per heavy atom. The van der Waals surface area contributed by atoms with Crippen molar-refractivity contribution in [2.45, 2.75) is 19.9 Å². The largest absolute Gasteiger partial charge is 0.366 e. The van der Waals surface area contributed by atoms with Gasteiger partial charge in [0.2, 0.25) is 5.95 Å². The van der Waals surface area contributed by atoms with Gasteiger partial charge in [-0.2, -0.15) is 15.1 Å². The smallest absolute Gasteiger partial charge is 0.226 e. The first-order valence-electron chi connectivity index (χ1n) is 6.46. The van der Waals surface area contributed by atoms with E-state index in [9.17, 15) is 0 Å². The molecule has 1 unspecified atom stereocenters. The van der Waals surface area contributed by atoms with E-state index in [0.717, 1.165) is 29.9 Å². The Bertz CT molecular complexity index is 534. The molecule has 104 valence electrons. The van der Waals surface area contributed by atoms with E-state index in [0.29, 0.717) is 5.95 Å². The first-order valence-corrected chi connectivity index (χ1v) is 6.46. The van der Waals surface area contributed by atoms with Gasteiger partial charge in [0.25, 0.3) is 0 Å². The number of fused-ring (bicyclic) bond motifs is 1. The van der Waals surface area contributed by atoms with Crippen molar-refractivity contribution in [2.24, 2.45) is 0 Å². The maximum atomic E-state index is 4.50. The van der Waals surface area contributed by atoms with Crippen LogP contribution in [0.25, 0.3) is 11.0 Å². The molecule has 0 spiro atoms. The average Bonchev–Trinajstić information content (AvgIpc) is 2.76. The van der Waals surface area contributed by atoms with Gasteiger partial charge in [-0.15, -0.1) is 0 Å². The predicted octanol–water partition coefficient (Wildman–Crippen LogP) is 1.15. The Hall–Kier alpha value is -1.89. The van der Waals surface area contributed by atoms with Crippen molar-refractivity contribution in [3.63, 3.8) is 0 Å². The Labute approximate surface area is 112 Å². The molecule has 0 saturated heterocycles. The van der Waals surface area contributed by atoms with Crippen molar-refractivity contribution >= 4 is 22.8 Å². The Morgan fingerprint density at radius 1 is 1.37 bits per heavy atom. The monoisotopic (exact) mass is 263 g/mol. The molecule has 7 nitrogen and oxygen atoms in total. The fraction of sp³-hybridized carbons (Fsp3) is 0.583. The molecule has 1 atom stereocenters. The summed E-state index contributed by atoms with van der Waals surface area (Å²) in [5.74, 6) is 1.42. The number of nitrogens with one attached hydrogen (secondary N) is 3. The highest BCUT2D eigenvalue weighted by molar-refractivity contribution is 5.87. The Kier molecular flexibility index (Phi) is 4.16. The molecule has 2 rings (SSSR count). The molecule has 7 heteroatoms. The second-order valence-corrected chi connectivity index (χ2v) is 4.87. The second-order valence-electron chi connectivity index (χ2n) is 4.87. The standard InChI is InChI=1S/C12H21N7/c1-5-13-12-16-10(15-8(2)7-19(3)4)9-6-14-18-11(9)17-12/h6,8H,5,7H2,1-4H3,(H3,13,14,15,16,17,18). The number of H-pyrrole nitrogens is 1. The highest BCUT2D eigenvalue weighted by Gasteiger charge is 2.11. The second kappa shape index (κ2) is 5.83. The zero-order chi connectivity index (χ0) is 13.8. The van der Waals surface area contributed by atoms with Crippen molar-refractivity contribution in [1.29, 1.82) is 0 Å². The molecule has 0 aliphatic rings. The van der Waals surface area contributed by atoms with E-state index in [1.165, 1.54) is 0 Å². The van der Waals surface area contributed by atoms with Crippen LogP contribution in [-0.2, 0) is 0 Å². The molecule has 3 N–H and O–H groups in total. The van der Waals surface area contributed by atoms with Gasteiger partial charge in [0.1, 0.15) is 5.82 Å². The highest BCUT2D eigenvalue weighted by Crippen LogP contribution is 2.20. The van der Waals surface area contributed by atoms with Crippen LogP contribution in [-0.4, -0.2) is 58.3 Å². The zero-order valence-corrected chi connectivity index (χ0v) is 11.9. The molecule has 0 aliphatic carbocycles. The lowest BCUT2D eigenvalue weighted by Gasteiger charge is -2.19. The SMILES string of the molecule is CCNc1nc(NC(C)CN(C)C)c2cn[nH]c2n1. The molecule has 19 heavy (non-hydrogen) atoms. The van der Waals surface area contributed by atoms with E-state index < -0.39 is 0 Å². The van der Waals surface area contributed by atoms with Gasteiger partial charge in [0.05, 0.1) is 11.6 Å². The summed E-state index contributed by atoms with van der Waals surface area (Å²) in [4.78, 5) is 11.0. The third kappa shape index (κ3) is 3.31. The van der Waals surface area contributed by atoms with E-state index in [4.69, 9.17) is 0 Å². The summed E-state index contributed by atoms with van der Waals surface area (Å²) in [6.45, 7) is 5.86. The summed E-state index contributed by atoms with van der Waals surface area (Å²) in [5, 5.41) is 14.3. The van der Waals surface area contributed by atoms with Gasteiger partial charge in [0.15, 0.2) is 5.65 Å². The lowest BCUT2D eigenvalue weighted by molar-refractivity contribution is 0.392. The zero-order valence-electron chi connectivity index (χ0n) is 11.9. The van der Waals surface area contributed by atoms with Gasteiger partial charge >= 0.3 is 0 Å². The van der Waals surface area contributed by atoms with Crippen LogP contribution in [0, 0.1) is 0 Å². The van der Waals surface area contributed by atoms with E-state index in [-0.39, 0.29) is 6.04 Å². The van der Waals surface area contributed by atoms with E-state index in [1.54, 1.807) is 6.20 Å². The van der Waals surface area contributed by atoms with Crippen LogP contribution in [0.5, 0.6) is 0 Å². The number of rotatable bonds is 6. The third-order valence-corrected chi connectivity index (χ3v) is 2.67. The number of nitrogens with zero attached hydrogens (tertiary/aromatic N) is 4. The highest BCUT2D eigenvalue weighted by atomic mass is 15.2. The van der Waals surface area contributed by atoms with Crippen molar-refractivity contribution in [3.05, 3.63) is 6.20 Å². The van der Waals surface area contributed by atoms with Crippen LogP contribution in [0.2, 0.25) is 0 Å². The maximum Gasteiger partial charge on any atom is 0.226 e. The number of likely N-dealkylation sites (N-methyl/N-ethyl adjacent to an activating group) is 1. The number of aromatic amines is 1. The van der Waals surface area contributed by atoms with Gasteiger partial charge < -0.3 is 15.5 Å². The van der Waals surface area contributed by atoms with Crippen molar-refractivity contribution in [1.82, 2.24) is 25.1 Å². The number of hydrogen-bond donors (Lipinski definition) is 3. The molecule has 2 aromatic heterocycles. The fourth-order valence-corrected chi connectivity index (χ4v) is 2.01.